The first-order valence-corrected chi connectivity index (χ1v) is 7.00. The van der Waals surface area contributed by atoms with Gasteiger partial charge in [0, 0.05) is 6.54 Å². The van der Waals surface area contributed by atoms with E-state index in [-0.39, 0.29) is 0 Å². The molecule has 1 heterocycles. The number of benzene rings is 1. The third-order valence-electron chi connectivity index (χ3n) is 2.41. The molecule has 0 saturated carbocycles. The largest absolute Gasteiger partial charge is 0.383 e. The van der Waals surface area contributed by atoms with Crippen LogP contribution in [0, 0.1) is 0 Å². The van der Waals surface area contributed by atoms with Crippen molar-refractivity contribution in [3.05, 3.63) is 36.7 Å². The van der Waals surface area contributed by atoms with E-state index in [4.69, 9.17) is 0 Å². The first-order chi connectivity index (χ1) is 8.42. The summed E-state index contributed by atoms with van der Waals surface area (Å²) in [7, 11) is 0. The predicted octanol–water partition coefficient (Wildman–Crippen LogP) is 2.43. The molecule has 1 N–H and O–H groups in total. The second-order valence-electron chi connectivity index (χ2n) is 3.64. The van der Waals surface area contributed by atoms with Crippen LogP contribution in [0.4, 0.5) is 5.69 Å². The SMILES string of the molecule is CSCCCNc1ccccc1-n1ccnn1. The Morgan fingerprint density at radius 3 is 3.00 bits per heavy atom. The van der Waals surface area contributed by atoms with Crippen LogP contribution in [0.1, 0.15) is 6.42 Å². The van der Waals surface area contributed by atoms with Gasteiger partial charge in [-0.15, -0.1) is 5.10 Å². The van der Waals surface area contributed by atoms with E-state index < -0.39 is 0 Å². The van der Waals surface area contributed by atoms with Crippen molar-refractivity contribution in [1.29, 1.82) is 0 Å². The Morgan fingerprint density at radius 2 is 2.24 bits per heavy atom. The van der Waals surface area contributed by atoms with Gasteiger partial charge in [-0.25, -0.2) is 4.68 Å². The van der Waals surface area contributed by atoms with Crippen LogP contribution in [-0.2, 0) is 0 Å². The van der Waals surface area contributed by atoms with Crippen LogP contribution in [0.3, 0.4) is 0 Å². The fraction of sp³-hybridized carbons (Fsp3) is 0.333. The molecular formula is C12H16N4S. The Kier molecular flexibility index (Phi) is 4.44. The van der Waals surface area contributed by atoms with Crippen molar-refractivity contribution in [3.63, 3.8) is 0 Å². The van der Waals surface area contributed by atoms with E-state index in [1.807, 2.05) is 36.2 Å². The van der Waals surface area contributed by atoms with Crippen LogP contribution in [0.25, 0.3) is 5.69 Å². The fourth-order valence-electron chi connectivity index (χ4n) is 1.60. The highest BCUT2D eigenvalue weighted by atomic mass is 32.2. The molecular weight excluding hydrogens is 232 g/mol. The molecule has 90 valence electrons. The Hall–Kier alpha value is -1.49. The lowest BCUT2D eigenvalue weighted by Crippen LogP contribution is -2.06. The van der Waals surface area contributed by atoms with Gasteiger partial charge in [-0.2, -0.15) is 11.8 Å². The van der Waals surface area contributed by atoms with Crippen LogP contribution >= 0.6 is 11.8 Å². The van der Waals surface area contributed by atoms with Crippen molar-refractivity contribution in [1.82, 2.24) is 15.0 Å². The van der Waals surface area contributed by atoms with Crippen molar-refractivity contribution in [2.45, 2.75) is 6.42 Å². The number of thioether (sulfide) groups is 1. The molecule has 5 heteroatoms. The fourth-order valence-corrected chi connectivity index (χ4v) is 2.03. The molecule has 0 spiro atoms. The van der Waals surface area contributed by atoms with Gasteiger partial charge in [0.15, 0.2) is 0 Å². The van der Waals surface area contributed by atoms with Gasteiger partial charge in [0.25, 0.3) is 0 Å². The zero-order chi connectivity index (χ0) is 11.9. The van der Waals surface area contributed by atoms with E-state index in [1.54, 1.807) is 10.9 Å². The van der Waals surface area contributed by atoms with Crippen molar-refractivity contribution in [2.75, 3.05) is 23.9 Å². The number of nitrogens with one attached hydrogen (secondary N) is 1. The molecule has 2 rings (SSSR count). The summed E-state index contributed by atoms with van der Waals surface area (Å²) in [5.41, 5.74) is 2.13. The van der Waals surface area contributed by atoms with Gasteiger partial charge in [0.05, 0.1) is 23.8 Å². The topological polar surface area (TPSA) is 42.7 Å². The summed E-state index contributed by atoms with van der Waals surface area (Å²) < 4.78 is 1.77. The first-order valence-electron chi connectivity index (χ1n) is 5.60. The molecule has 0 aliphatic rings. The molecule has 0 radical (unpaired) electrons. The van der Waals surface area contributed by atoms with Crippen LogP contribution in [-0.4, -0.2) is 33.5 Å². The maximum atomic E-state index is 4.01. The molecule has 0 fully saturated rings. The molecule has 2 aromatic rings. The molecule has 1 aromatic heterocycles. The number of aromatic nitrogens is 3. The second-order valence-corrected chi connectivity index (χ2v) is 4.62. The summed E-state index contributed by atoms with van der Waals surface area (Å²) in [4.78, 5) is 0. The summed E-state index contributed by atoms with van der Waals surface area (Å²) in [6, 6.07) is 8.13. The quantitative estimate of drug-likeness (QED) is 0.797. The lowest BCUT2D eigenvalue weighted by molar-refractivity contribution is 0.803. The second kappa shape index (κ2) is 6.30. The lowest BCUT2D eigenvalue weighted by atomic mass is 10.2. The van der Waals surface area contributed by atoms with Gasteiger partial charge in [0.2, 0.25) is 0 Å². The van der Waals surface area contributed by atoms with Crippen LogP contribution < -0.4 is 5.32 Å². The van der Waals surface area contributed by atoms with E-state index in [9.17, 15) is 0 Å². The summed E-state index contributed by atoms with van der Waals surface area (Å²) in [5, 5.41) is 11.3. The van der Waals surface area contributed by atoms with Gasteiger partial charge in [0.1, 0.15) is 0 Å². The van der Waals surface area contributed by atoms with Crippen LogP contribution in [0.5, 0.6) is 0 Å². The molecule has 0 amide bonds. The normalized spacial score (nSPS) is 10.4. The average molecular weight is 248 g/mol. The molecule has 1 aromatic carbocycles. The monoisotopic (exact) mass is 248 g/mol. The van der Waals surface area contributed by atoms with Gasteiger partial charge in [-0.3, -0.25) is 0 Å². The van der Waals surface area contributed by atoms with Crippen molar-refractivity contribution < 1.29 is 0 Å². The number of para-hydroxylation sites is 2. The minimum Gasteiger partial charge on any atom is -0.383 e. The first kappa shape index (κ1) is 12.0. The molecule has 4 nitrogen and oxygen atoms in total. The van der Waals surface area contributed by atoms with E-state index in [2.05, 4.69) is 28.0 Å². The Bertz CT molecular complexity index is 442. The molecule has 17 heavy (non-hydrogen) atoms. The molecule has 0 aliphatic heterocycles. The van der Waals surface area contributed by atoms with E-state index in [0.29, 0.717) is 0 Å². The number of hydrogen-bond donors (Lipinski definition) is 1. The molecule has 0 aliphatic carbocycles. The van der Waals surface area contributed by atoms with E-state index in [1.165, 1.54) is 5.75 Å². The third kappa shape index (κ3) is 3.23. The standard InChI is InChI=1S/C12H16N4S/c1-17-10-4-7-13-11-5-2-3-6-12(11)16-9-8-14-15-16/h2-3,5-6,8-9,13H,4,7,10H2,1H3. The highest BCUT2D eigenvalue weighted by Gasteiger charge is 2.03. The van der Waals surface area contributed by atoms with Crippen LogP contribution in [0.2, 0.25) is 0 Å². The summed E-state index contributed by atoms with van der Waals surface area (Å²) >= 11 is 1.87. The van der Waals surface area contributed by atoms with Crippen molar-refractivity contribution in [3.8, 4) is 5.69 Å². The molecule has 0 unspecified atom stereocenters. The van der Waals surface area contributed by atoms with Gasteiger partial charge in [-0.05, 0) is 30.6 Å². The lowest BCUT2D eigenvalue weighted by Gasteiger charge is -2.10. The van der Waals surface area contributed by atoms with Gasteiger partial charge in [-0.1, -0.05) is 17.3 Å². The van der Waals surface area contributed by atoms with E-state index >= 15 is 0 Å². The zero-order valence-corrected chi connectivity index (χ0v) is 10.7. The van der Waals surface area contributed by atoms with Gasteiger partial charge >= 0.3 is 0 Å². The van der Waals surface area contributed by atoms with Crippen molar-refractivity contribution in [2.24, 2.45) is 0 Å². The Morgan fingerprint density at radius 1 is 1.35 bits per heavy atom. The predicted molar refractivity (Wildman–Crippen MR) is 72.8 cm³/mol. The van der Waals surface area contributed by atoms with Crippen LogP contribution in [0.15, 0.2) is 36.7 Å². The summed E-state index contributed by atoms with van der Waals surface area (Å²) in [5.74, 6) is 1.18. The maximum absolute atomic E-state index is 4.01. The smallest absolute Gasteiger partial charge is 0.0894 e. The molecule has 0 bridgehead atoms. The Balaban J connectivity index is 2.06. The summed E-state index contributed by atoms with van der Waals surface area (Å²) in [6.07, 6.45) is 6.82. The maximum Gasteiger partial charge on any atom is 0.0894 e. The zero-order valence-electron chi connectivity index (χ0n) is 9.84. The average Bonchev–Trinajstić information content (AvgIpc) is 2.89. The van der Waals surface area contributed by atoms with Gasteiger partial charge < -0.3 is 5.32 Å². The number of nitrogens with zero attached hydrogens (tertiary/aromatic N) is 3. The van der Waals surface area contributed by atoms with E-state index in [0.717, 1.165) is 24.3 Å². The number of anilines is 1. The molecule has 0 saturated heterocycles. The summed E-state index contributed by atoms with van der Waals surface area (Å²) in [6.45, 7) is 0.979. The minimum atomic E-state index is 0.979. The number of rotatable bonds is 6. The highest BCUT2D eigenvalue weighted by molar-refractivity contribution is 7.98. The number of hydrogen-bond acceptors (Lipinski definition) is 4. The Labute approximate surface area is 105 Å². The minimum absolute atomic E-state index is 0.979. The highest BCUT2D eigenvalue weighted by Crippen LogP contribution is 2.18. The third-order valence-corrected chi connectivity index (χ3v) is 3.11. The molecule has 0 atom stereocenters. The van der Waals surface area contributed by atoms with Crippen molar-refractivity contribution >= 4 is 17.4 Å².